The highest BCUT2D eigenvalue weighted by Gasteiger charge is 2.56. The molecule has 0 saturated heterocycles. The highest BCUT2D eigenvalue weighted by atomic mass is 32.1. The van der Waals surface area contributed by atoms with Gasteiger partial charge in [0.15, 0.2) is 5.13 Å². The second kappa shape index (κ2) is 9.82. The fourth-order valence-corrected chi connectivity index (χ4v) is 3.53. The van der Waals surface area contributed by atoms with E-state index in [1.165, 1.54) is 36.4 Å². The fourth-order valence-electron chi connectivity index (χ4n) is 2.67. The van der Waals surface area contributed by atoms with E-state index in [0.29, 0.717) is 5.56 Å². The van der Waals surface area contributed by atoms with Gasteiger partial charge in [0, 0.05) is 5.56 Å². The lowest BCUT2D eigenvalue weighted by Gasteiger charge is -2.31. The number of anilines is 1. The summed E-state index contributed by atoms with van der Waals surface area (Å²) in [6.07, 6.45) is -5.27. The number of nitrogens with zero attached hydrogens (tertiary/aromatic N) is 1. The molecule has 0 saturated carbocycles. The minimum absolute atomic E-state index is 0.0543. The van der Waals surface area contributed by atoms with Crippen molar-refractivity contribution in [3.05, 3.63) is 60.2 Å². The van der Waals surface area contributed by atoms with E-state index in [2.05, 4.69) is 10.3 Å². The van der Waals surface area contributed by atoms with Gasteiger partial charge >= 0.3 is 6.18 Å². The van der Waals surface area contributed by atoms with E-state index in [0.717, 1.165) is 37.3 Å². The molecule has 13 heteroatoms. The zero-order valence-corrected chi connectivity index (χ0v) is 19.9. The maximum Gasteiger partial charge on any atom is 0.426 e. The molecule has 0 spiro atoms. The number of thiazole rings is 1. The van der Waals surface area contributed by atoms with Gasteiger partial charge in [-0.2, -0.15) is 13.2 Å². The molecule has 0 aliphatic carbocycles. The van der Waals surface area contributed by atoms with E-state index >= 15 is 0 Å². The Hall–Kier alpha value is -3.58. The standard InChI is InChI=1S/C23H20F5N3O4S/c1-21(2,31-19(33)22(3,34)23(26,27)28)18(32)30-20-29-16(12-4-6-13(24)7-5-12)17(36-20)35-15-10-8-14(25)9-11-15/h4-11,34H,1-3H3,(H,31,33)(H,29,30,32). The Balaban J connectivity index is 1.87. The first-order valence-corrected chi connectivity index (χ1v) is 11.0. The van der Waals surface area contributed by atoms with E-state index in [-0.39, 0.29) is 28.6 Å². The Morgan fingerprint density at radius 3 is 1.97 bits per heavy atom. The molecule has 36 heavy (non-hydrogen) atoms. The summed E-state index contributed by atoms with van der Waals surface area (Å²) < 4.78 is 71.3. The quantitative estimate of drug-likeness (QED) is 0.373. The number of hydrogen-bond donors (Lipinski definition) is 3. The summed E-state index contributed by atoms with van der Waals surface area (Å²) >= 11 is 0.836. The first kappa shape index (κ1) is 27.0. The van der Waals surface area contributed by atoms with Crippen molar-refractivity contribution in [1.82, 2.24) is 10.3 Å². The van der Waals surface area contributed by atoms with Crippen molar-refractivity contribution in [3.8, 4) is 22.1 Å². The normalized spacial score (nSPS) is 13.6. The summed E-state index contributed by atoms with van der Waals surface area (Å²) in [5.41, 5.74) is -5.01. The van der Waals surface area contributed by atoms with Gasteiger partial charge in [-0.25, -0.2) is 13.8 Å². The SMILES string of the molecule is CC(C)(NC(=O)C(C)(O)C(F)(F)F)C(=O)Nc1nc(-c2ccc(F)cc2)c(Oc2ccc(F)cc2)s1. The number of aliphatic hydroxyl groups is 1. The van der Waals surface area contributed by atoms with E-state index in [9.17, 15) is 36.6 Å². The summed E-state index contributed by atoms with van der Waals surface area (Å²) in [7, 11) is 0. The summed E-state index contributed by atoms with van der Waals surface area (Å²) in [5.74, 6) is -3.52. The lowest BCUT2D eigenvalue weighted by atomic mass is 10.00. The predicted molar refractivity (Wildman–Crippen MR) is 122 cm³/mol. The molecule has 2 aromatic carbocycles. The van der Waals surface area contributed by atoms with Crippen LogP contribution in [0.25, 0.3) is 11.3 Å². The van der Waals surface area contributed by atoms with E-state index in [4.69, 9.17) is 4.74 Å². The number of benzene rings is 2. The molecule has 0 fully saturated rings. The van der Waals surface area contributed by atoms with Crippen LogP contribution in [-0.4, -0.2) is 39.2 Å². The Morgan fingerprint density at radius 2 is 1.44 bits per heavy atom. The predicted octanol–water partition coefficient (Wildman–Crippen LogP) is 5.03. The second-order valence-corrected chi connectivity index (χ2v) is 9.28. The molecule has 1 aromatic heterocycles. The van der Waals surface area contributed by atoms with Gasteiger partial charge in [0.25, 0.3) is 11.8 Å². The molecule has 0 bridgehead atoms. The number of hydrogen-bond acceptors (Lipinski definition) is 6. The zero-order chi connectivity index (χ0) is 26.9. The van der Waals surface area contributed by atoms with Crippen LogP contribution in [0.15, 0.2) is 48.5 Å². The molecule has 192 valence electrons. The molecule has 1 unspecified atom stereocenters. The maximum absolute atomic E-state index is 13.4. The summed E-state index contributed by atoms with van der Waals surface area (Å²) in [6.45, 7) is 2.54. The summed E-state index contributed by atoms with van der Waals surface area (Å²) in [4.78, 5) is 29.1. The summed E-state index contributed by atoms with van der Waals surface area (Å²) in [5, 5.41) is 13.9. The van der Waals surface area contributed by atoms with Gasteiger partial charge in [-0.1, -0.05) is 11.3 Å². The Morgan fingerprint density at radius 1 is 0.917 bits per heavy atom. The topological polar surface area (TPSA) is 101 Å². The molecule has 0 aliphatic heterocycles. The van der Waals surface area contributed by atoms with E-state index < -0.39 is 40.8 Å². The number of halogens is 5. The van der Waals surface area contributed by atoms with Crippen molar-refractivity contribution >= 4 is 28.3 Å². The van der Waals surface area contributed by atoms with Gasteiger partial charge in [0.2, 0.25) is 10.7 Å². The fraction of sp³-hybridized carbons (Fsp3) is 0.261. The molecule has 3 aromatic rings. The molecule has 0 aliphatic rings. The van der Waals surface area contributed by atoms with Gasteiger partial charge in [-0.05, 0) is 69.3 Å². The van der Waals surface area contributed by atoms with Gasteiger partial charge in [0.1, 0.15) is 28.6 Å². The molecule has 0 radical (unpaired) electrons. The van der Waals surface area contributed by atoms with Gasteiger partial charge < -0.3 is 15.2 Å². The van der Waals surface area contributed by atoms with Crippen molar-refractivity contribution < 1.29 is 41.4 Å². The number of amides is 2. The molecule has 7 nitrogen and oxygen atoms in total. The first-order chi connectivity index (χ1) is 16.6. The molecule has 3 N–H and O–H groups in total. The van der Waals surface area contributed by atoms with Gasteiger partial charge in [-0.15, -0.1) is 0 Å². The Bertz CT molecular complexity index is 1260. The van der Waals surface area contributed by atoms with Crippen molar-refractivity contribution in [2.75, 3.05) is 5.32 Å². The number of carbonyl (C=O) groups is 2. The van der Waals surface area contributed by atoms with E-state index in [1.54, 1.807) is 0 Å². The third-order valence-electron chi connectivity index (χ3n) is 4.95. The van der Waals surface area contributed by atoms with Crippen LogP contribution >= 0.6 is 11.3 Å². The number of rotatable bonds is 7. The smallest absolute Gasteiger partial charge is 0.426 e. The molecular formula is C23H20F5N3O4S. The molecule has 1 heterocycles. The van der Waals surface area contributed by atoms with Crippen LogP contribution in [0.5, 0.6) is 10.8 Å². The number of ether oxygens (including phenoxy) is 1. The van der Waals surface area contributed by atoms with Crippen LogP contribution < -0.4 is 15.4 Å². The number of carbonyl (C=O) groups excluding carboxylic acids is 2. The van der Waals surface area contributed by atoms with Crippen LogP contribution in [0, 0.1) is 11.6 Å². The summed E-state index contributed by atoms with van der Waals surface area (Å²) in [6, 6.07) is 10.2. The van der Waals surface area contributed by atoms with Crippen LogP contribution in [0.4, 0.5) is 27.1 Å². The molecule has 2 amide bonds. The number of alkyl halides is 3. The third kappa shape index (κ3) is 5.97. The van der Waals surface area contributed by atoms with Crippen LogP contribution in [0.2, 0.25) is 0 Å². The largest absolute Gasteiger partial charge is 0.444 e. The lowest BCUT2D eigenvalue weighted by Crippen LogP contribution is -2.62. The Labute approximate surface area is 205 Å². The average molecular weight is 529 g/mol. The van der Waals surface area contributed by atoms with Crippen LogP contribution in [-0.2, 0) is 9.59 Å². The third-order valence-corrected chi connectivity index (χ3v) is 5.79. The zero-order valence-electron chi connectivity index (χ0n) is 19.0. The van der Waals surface area contributed by atoms with Crippen molar-refractivity contribution in [2.24, 2.45) is 0 Å². The van der Waals surface area contributed by atoms with Gasteiger partial charge in [0.05, 0.1) is 0 Å². The minimum Gasteiger partial charge on any atom is -0.444 e. The highest BCUT2D eigenvalue weighted by Crippen LogP contribution is 2.41. The van der Waals surface area contributed by atoms with Crippen LogP contribution in [0.1, 0.15) is 20.8 Å². The number of nitrogens with one attached hydrogen (secondary N) is 2. The molecule has 3 rings (SSSR count). The molecular weight excluding hydrogens is 509 g/mol. The average Bonchev–Trinajstić information content (AvgIpc) is 3.16. The highest BCUT2D eigenvalue weighted by molar-refractivity contribution is 7.18. The monoisotopic (exact) mass is 529 g/mol. The van der Waals surface area contributed by atoms with Crippen molar-refractivity contribution in [1.29, 1.82) is 0 Å². The van der Waals surface area contributed by atoms with Gasteiger partial charge in [-0.3, -0.25) is 14.9 Å². The number of aromatic nitrogens is 1. The van der Waals surface area contributed by atoms with Crippen molar-refractivity contribution in [2.45, 2.75) is 38.1 Å². The minimum atomic E-state index is -5.27. The molecule has 1 atom stereocenters. The van der Waals surface area contributed by atoms with Crippen LogP contribution in [0.3, 0.4) is 0 Å². The van der Waals surface area contributed by atoms with E-state index in [1.807, 2.05) is 5.32 Å². The van der Waals surface area contributed by atoms with Crippen molar-refractivity contribution in [3.63, 3.8) is 0 Å². The first-order valence-electron chi connectivity index (χ1n) is 10.2. The second-order valence-electron chi connectivity index (χ2n) is 8.32. The maximum atomic E-state index is 13.4. The lowest BCUT2D eigenvalue weighted by molar-refractivity contribution is -0.245. The Kier molecular flexibility index (Phi) is 7.37.